The molecule has 6 aromatic carbocycles. The molecule has 0 amide bonds. The van der Waals surface area contributed by atoms with Crippen LogP contribution in [0.2, 0.25) is 0 Å². The maximum absolute atomic E-state index is 2.66. The topological polar surface area (TPSA) is 6.25 Å². The van der Waals surface area contributed by atoms with Gasteiger partial charge in [0.25, 0.3) is 0 Å². The van der Waals surface area contributed by atoms with Gasteiger partial charge < -0.3 is 12.4 Å². The average molecular weight is 928 g/mol. The predicted molar refractivity (Wildman–Crippen MR) is 291 cm³/mol. The molecule has 4 atom stereocenters. The van der Waals surface area contributed by atoms with E-state index in [1.807, 2.05) is 0 Å². The molecule has 0 saturated heterocycles. The Morgan fingerprint density at radius 3 is 0.897 bits per heavy atom. The number of hydrogen-bond donors (Lipinski definition) is 0. The van der Waals surface area contributed by atoms with Crippen LogP contribution in [-0.4, -0.2) is 24.0 Å². The van der Waals surface area contributed by atoms with Gasteiger partial charge in [0.1, 0.15) is 24.5 Å². The van der Waals surface area contributed by atoms with Crippen molar-refractivity contribution in [2.45, 2.75) is 172 Å². The van der Waals surface area contributed by atoms with E-state index in [-0.39, 0.29) is 36.1 Å². The minimum absolute atomic E-state index is 0. The molecule has 0 saturated carbocycles. The van der Waals surface area contributed by atoms with Gasteiger partial charge in [0.15, 0.2) is 0 Å². The number of halogens is 1. The van der Waals surface area contributed by atoms with Crippen LogP contribution >= 0.6 is 0 Å². The Kier molecular flexibility index (Phi) is 17.8. The average Bonchev–Trinajstić information content (AvgIpc) is 3.85. The molecule has 2 nitrogen and oxygen atoms in total. The zero-order chi connectivity index (χ0) is 48.1. The van der Waals surface area contributed by atoms with Gasteiger partial charge in [0.2, 0.25) is 6.34 Å². The molecule has 6 aromatic rings. The van der Waals surface area contributed by atoms with E-state index in [0.29, 0.717) is 0 Å². The van der Waals surface area contributed by atoms with Gasteiger partial charge >= 0.3 is 0 Å². The highest BCUT2D eigenvalue weighted by Gasteiger charge is 2.35. The minimum atomic E-state index is 0. The summed E-state index contributed by atoms with van der Waals surface area (Å²) in [4.78, 5) is 2.66. The molecule has 0 aromatic heterocycles. The van der Waals surface area contributed by atoms with Crippen molar-refractivity contribution in [3.63, 3.8) is 0 Å². The molecule has 1 heterocycles. The van der Waals surface area contributed by atoms with Crippen molar-refractivity contribution in [1.29, 1.82) is 0 Å². The van der Waals surface area contributed by atoms with Crippen LogP contribution in [-0.2, 0) is 51.4 Å². The summed E-state index contributed by atoms with van der Waals surface area (Å²) < 4.78 is 2.66. The summed E-state index contributed by atoms with van der Waals surface area (Å²) in [5, 5.41) is 0. The molecule has 0 spiro atoms. The standard InChI is InChI=1S/C65H83N2.ClH/c1-15-48-29-49(16-2)34-56(33-48)44(11)60-25-42(9)26-61(45(12)57-35-50(17-3)30-51(18-4)36-57)64(60)66-23-24-67(41-66)65-62(46(13)58-37-52(19-5)31-53(20-6)38-58)27-43(10)28-63(65)47(14)59-39-54(21-7)32-55(22-8)40-59;/h25-41,44-47H,15-24H2,1-14H3;1H/q+1;/p-1/t44-,45-,46-,47-;/m1./s1. The maximum atomic E-state index is 2.66. The summed E-state index contributed by atoms with van der Waals surface area (Å²) in [5.41, 5.74) is 28.3. The normalized spacial score (nSPS) is 14.4. The monoisotopic (exact) mass is 927 g/mol. The van der Waals surface area contributed by atoms with E-state index >= 15 is 0 Å². The first-order chi connectivity index (χ1) is 32.3. The summed E-state index contributed by atoms with van der Waals surface area (Å²) in [6.45, 7) is 34.7. The Hall–Kier alpha value is -4.92. The van der Waals surface area contributed by atoms with E-state index in [0.717, 1.165) is 64.5 Å². The molecule has 0 aliphatic carbocycles. The number of anilines is 1. The Morgan fingerprint density at radius 1 is 0.382 bits per heavy atom. The van der Waals surface area contributed by atoms with Crippen molar-refractivity contribution in [3.05, 3.63) is 197 Å². The number of rotatable bonds is 18. The van der Waals surface area contributed by atoms with Crippen LogP contribution in [0.5, 0.6) is 0 Å². The second-order valence-corrected chi connectivity index (χ2v) is 20.1. The van der Waals surface area contributed by atoms with Crippen LogP contribution in [0.4, 0.5) is 11.4 Å². The summed E-state index contributed by atoms with van der Waals surface area (Å²) in [6.07, 6.45) is 10.9. The highest BCUT2D eigenvalue weighted by molar-refractivity contribution is 5.84. The van der Waals surface area contributed by atoms with Gasteiger partial charge in [-0.3, -0.25) is 0 Å². The van der Waals surface area contributed by atoms with Gasteiger partial charge in [-0.2, -0.15) is 0 Å². The highest BCUT2D eigenvalue weighted by Crippen LogP contribution is 2.45. The van der Waals surface area contributed by atoms with Gasteiger partial charge in [-0.1, -0.05) is 191 Å². The van der Waals surface area contributed by atoms with Crippen molar-refractivity contribution in [3.8, 4) is 0 Å². The lowest BCUT2D eigenvalue weighted by atomic mass is 9.82. The van der Waals surface area contributed by atoms with Gasteiger partial charge in [0.05, 0.1) is 0 Å². The zero-order valence-corrected chi connectivity index (χ0v) is 45.2. The van der Waals surface area contributed by atoms with Crippen molar-refractivity contribution in [2.24, 2.45) is 0 Å². The fraction of sp³-hybridized carbons (Fsp3) is 0.431. The molecule has 360 valence electrons. The van der Waals surface area contributed by atoms with Crippen LogP contribution < -0.4 is 17.3 Å². The summed E-state index contributed by atoms with van der Waals surface area (Å²) in [6, 6.07) is 39.6. The van der Waals surface area contributed by atoms with Crippen LogP contribution in [0.15, 0.2) is 97.1 Å². The second kappa shape index (κ2) is 23.1. The Balaban J connectivity index is 0.00000761. The largest absolute Gasteiger partial charge is 1.00 e. The molecule has 3 heteroatoms. The number of aryl methyl sites for hydroxylation is 10. The molecule has 68 heavy (non-hydrogen) atoms. The fourth-order valence-electron chi connectivity index (χ4n) is 11.0. The fourth-order valence-corrected chi connectivity index (χ4v) is 11.0. The third-order valence-electron chi connectivity index (χ3n) is 15.5. The molecule has 7 rings (SSSR count). The highest BCUT2D eigenvalue weighted by atomic mass is 35.5. The third-order valence-corrected chi connectivity index (χ3v) is 15.5. The SMILES string of the molecule is CCc1cc(CC)cc([C@@H](C)c2cc(C)cc([C@H](C)c3cc(CC)cc(CC)c3)c2N2C=[N+](c3c([C@H](C)c4cc(CC)cc(CC)c4)cc(C)cc3[C@H](C)c3cc(CC)cc(CC)c3)CC2)c1.[Cl-]. The van der Waals surface area contributed by atoms with Gasteiger partial charge in [-0.15, -0.1) is 0 Å². The summed E-state index contributed by atoms with van der Waals surface area (Å²) >= 11 is 0. The predicted octanol–water partition coefficient (Wildman–Crippen LogP) is 13.6. The first-order valence-corrected chi connectivity index (χ1v) is 26.4. The second-order valence-electron chi connectivity index (χ2n) is 20.1. The number of hydrogen-bond acceptors (Lipinski definition) is 1. The lowest BCUT2D eigenvalue weighted by Gasteiger charge is -2.26. The van der Waals surface area contributed by atoms with Crippen LogP contribution in [0.3, 0.4) is 0 Å². The minimum Gasteiger partial charge on any atom is -1.00 e. The van der Waals surface area contributed by atoms with Gasteiger partial charge in [-0.25, -0.2) is 9.48 Å². The van der Waals surface area contributed by atoms with E-state index in [4.69, 9.17) is 0 Å². The van der Waals surface area contributed by atoms with Crippen LogP contribution in [0.25, 0.3) is 0 Å². The molecule has 0 radical (unpaired) electrons. The van der Waals surface area contributed by atoms with Gasteiger partial charge in [-0.05, 0) is 132 Å². The van der Waals surface area contributed by atoms with Crippen molar-refractivity contribution >= 4 is 17.7 Å². The lowest BCUT2D eigenvalue weighted by Crippen LogP contribution is -3.00. The van der Waals surface area contributed by atoms with E-state index in [2.05, 4.69) is 210 Å². The van der Waals surface area contributed by atoms with E-state index in [1.165, 1.54) is 112 Å². The first-order valence-electron chi connectivity index (χ1n) is 26.4. The Bertz CT molecular complexity index is 2480. The Morgan fingerprint density at radius 2 is 0.632 bits per heavy atom. The molecule has 0 N–H and O–H groups in total. The third kappa shape index (κ3) is 11.2. The van der Waals surface area contributed by atoms with Crippen molar-refractivity contribution in [2.75, 3.05) is 18.0 Å². The Labute approximate surface area is 419 Å². The van der Waals surface area contributed by atoms with Crippen LogP contribution in [0.1, 0.15) is 207 Å². The molecular weight excluding hydrogens is 844 g/mol. The van der Waals surface area contributed by atoms with E-state index < -0.39 is 0 Å². The van der Waals surface area contributed by atoms with Crippen molar-refractivity contribution in [1.82, 2.24) is 0 Å². The number of nitrogens with zero attached hydrogens (tertiary/aromatic N) is 2. The smallest absolute Gasteiger partial charge is 0.244 e. The first kappa shape index (κ1) is 52.5. The molecule has 0 unspecified atom stereocenters. The summed E-state index contributed by atoms with van der Waals surface area (Å²) in [5.74, 6) is 0.874. The zero-order valence-electron chi connectivity index (χ0n) is 44.5. The lowest BCUT2D eigenvalue weighted by molar-refractivity contribution is -0.425. The summed E-state index contributed by atoms with van der Waals surface area (Å²) in [7, 11) is 0. The van der Waals surface area contributed by atoms with E-state index in [1.54, 1.807) is 0 Å². The quantitative estimate of drug-likeness (QED) is 0.0779. The number of benzene rings is 6. The van der Waals surface area contributed by atoms with Crippen LogP contribution in [0, 0.1) is 13.8 Å². The molecule has 1 aliphatic rings. The van der Waals surface area contributed by atoms with E-state index in [9.17, 15) is 0 Å². The molecule has 0 fully saturated rings. The van der Waals surface area contributed by atoms with Gasteiger partial charge in [0, 0.05) is 45.9 Å². The molecule has 1 aliphatic heterocycles. The maximum Gasteiger partial charge on any atom is 0.244 e. The molecular formula is C65H83ClN2. The molecule has 0 bridgehead atoms. The van der Waals surface area contributed by atoms with Crippen molar-refractivity contribution < 1.29 is 17.0 Å².